The van der Waals surface area contributed by atoms with Crippen molar-refractivity contribution in [1.82, 2.24) is 10.2 Å². The summed E-state index contributed by atoms with van der Waals surface area (Å²) in [4.78, 5) is 2.63. The average Bonchev–Trinajstić information content (AvgIpc) is 2.18. The second-order valence-electron chi connectivity index (χ2n) is 4.71. The first kappa shape index (κ1) is 12.0. The molecule has 1 aliphatic rings. The Morgan fingerprint density at radius 1 is 1.43 bits per heavy atom. The minimum absolute atomic E-state index is 0.734. The number of hydrogen-bond acceptors (Lipinski definition) is 2. The van der Waals surface area contributed by atoms with Crippen LogP contribution in [0.3, 0.4) is 0 Å². The van der Waals surface area contributed by atoms with Gasteiger partial charge in [0.1, 0.15) is 0 Å². The summed E-state index contributed by atoms with van der Waals surface area (Å²) in [6.07, 6.45) is 3.96. The van der Waals surface area contributed by atoms with Gasteiger partial charge in [0, 0.05) is 32.2 Å². The fourth-order valence-corrected chi connectivity index (χ4v) is 2.36. The molecule has 0 aromatic carbocycles. The summed E-state index contributed by atoms with van der Waals surface area (Å²) in [5.74, 6) is 0.871. The van der Waals surface area contributed by atoms with Gasteiger partial charge in [0.2, 0.25) is 0 Å². The summed E-state index contributed by atoms with van der Waals surface area (Å²) in [6.45, 7) is 11.9. The molecule has 14 heavy (non-hydrogen) atoms. The summed E-state index contributed by atoms with van der Waals surface area (Å²) < 4.78 is 0. The fourth-order valence-electron chi connectivity index (χ4n) is 2.36. The molecule has 2 atom stereocenters. The summed E-state index contributed by atoms with van der Waals surface area (Å²) in [6, 6.07) is 0.734. The zero-order valence-corrected chi connectivity index (χ0v) is 10.1. The lowest BCUT2D eigenvalue weighted by atomic mass is 10.0. The maximum absolute atomic E-state index is 3.56. The summed E-state index contributed by atoms with van der Waals surface area (Å²) in [5.41, 5.74) is 0. The second kappa shape index (κ2) is 6.41. The number of rotatable bonds is 5. The maximum atomic E-state index is 3.56. The Morgan fingerprint density at radius 3 is 2.86 bits per heavy atom. The molecule has 0 saturated carbocycles. The fraction of sp³-hybridized carbons (Fsp3) is 1.00. The molecule has 1 saturated heterocycles. The van der Waals surface area contributed by atoms with Crippen molar-refractivity contribution in [2.75, 3.05) is 26.2 Å². The van der Waals surface area contributed by atoms with Crippen LogP contribution < -0.4 is 5.32 Å². The number of hydrogen-bond donors (Lipinski definition) is 1. The minimum Gasteiger partial charge on any atom is -0.311 e. The molecule has 2 nitrogen and oxygen atoms in total. The topological polar surface area (TPSA) is 15.3 Å². The molecule has 1 rings (SSSR count). The van der Waals surface area contributed by atoms with Gasteiger partial charge in [-0.15, -0.1) is 0 Å². The van der Waals surface area contributed by atoms with Crippen LogP contribution in [0.4, 0.5) is 0 Å². The van der Waals surface area contributed by atoms with Gasteiger partial charge in [0.25, 0.3) is 0 Å². The highest BCUT2D eigenvalue weighted by Crippen LogP contribution is 2.10. The van der Waals surface area contributed by atoms with Gasteiger partial charge in [-0.05, 0) is 18.8 Å². The molecule has 0 bridgehead atoms. The number of piperazine rings is 1. The average molecular weight is 198 g/mol. The lowest BCUT2D eigenvalue weighted by Crippen LogP contribution is -2.51. The van der Waals surface area contributed by atoms with Crippen LogP contribution in [0, 0.1) is 5.92 Å². The van der Waals surface area contributed by atoms with E-state index in [4.69, 9.17) is 0 Å². The van der Waals surface area contributed by atoms with Gasteiger partial charge in [-0.1, -0.05) is 27.2 Å². The Labute approximate surface area is 89.1 Å². The quantitative estimate of drug-likeness (QED) is 0.728. The molecule has 1 heterocycles. The van der Waals surface area contributed by atoms with Crippen molar-refractivity contribution < 1.29 is 0 Å². The van der Waals surface area contributed by atoms with Gasteiger partial charge in [0.05, 0.1) is 0 Å². The smallest absolute Gasteiger partial charge is 0.0192 e. The zero-order valence-electron chi connectivity index (χ0n) is 10.1. The van der Waals surface area contributed by atoms with Crippen molar-refractivity contribution in [1.29, 1.82) is 0 Å². The van der Waals surface area contributed by atoms with Crippen LogP contribution in [0.2, 0.25) is 0 Å². The molecular formula is C12H26N2. The Balaban J connectivity index is 2.22. The molecule has 0 aromatic heterocycles. The van der Waals surface area contributed by atoms with Crippen LogP contribution in [-0.2, 0) is 0 Å². The molecule has 84 valence electrons. The lowest BCUT2D eigenvalue weighted by molar-refractivity contribution is 0.172. The van der Waals surface area contributed by atoms with Gasteiger partial charge in [0.15, 0.2) is 0 Å². The predicted octanol–water partition coefficient (Wildman–Crippen LogP) is 2.11. The highest BCUT2D eigenvalue weighted by Gasteiger charge is 2.18. The highest BCUT2D eigenvalue weighted by atomic mass is 15.2. The zero-order chi connectivity index (χ0) is 10.4. The first-order valence-corrected chi connectivity index (χ1v) is 6.22. The molecular weight excluding hydrogens is 172 g/mol. The van der Waals surface area contributed by atoms with Crippen LogP contribution in [0.1, 0.15) is 40.0 Å². The van der Waals surface area contributed by atoms with Crippen LogP contribution in [0.25, 0.3) is 0 Å². The van der Waals surface area contributed by atoms with Gasteiger partial charge in [-0.3, -0.25) is 0 Å². The van der Waals surface area contributed by atoms with Crippen molar-refractivity contribution in [3.8, 4) is 0 Å². The Kier molecular flexibility index (Phi) is 5.49. The van der Waals surface area contributed by atoms with Crippen molar-refractivity contribution in [2.45, 2.75) is 46.1 Å². The molecule has 0 aromatic rings. The molecule has 1 fully saturated rings. The first-order valence-electron chi connectivity index (χ1n) is 6.22. The van der Waals surface area contributed by atoms with Crippen LogP contribution >= 0.6 is 0 Å². The van der Waals surface area contributed by atoms with Crippen LogP contribution in [0.15, 0.2) is 0 Å². The van der Waals surface area contributed by atoms with Crippen molar-refractivity contribution >= 4 is 0 Å². The second-order valence-corrected chi connectivity index (χ2v) is 4.71. The summed E-state index contributed by atoms with van der Waals surface area (Å²) >= 11 is 0. The van der Waals surface area contributed by atoms with E-state index in [0.717, 1.165) is 12.0 Å². The van der Waals surface area contributed by atoms with E-state index in [0.29, 0.717) is 0 Å². The molecule has 0 aliphatic carbocycles. The number of nitrogens with zero attached hydrogens (tertiary/aromatic N) is 1. The normalized spacial score (nSPS) is 26.4. The highest BCUT2D eigenvalue weighted by molar-refractivity contribution is 4.78. The van der Waals surface area contributed by atoms with Gasteiger partial charge >= 0.3 is 0 Å². The molecule has 0 spiro atoms. The van der Waals surface area contributed by atoms with Gasteiger partial charge in [-0.25, -0.2) is 0 Å². The van der Waals surface area contributed by atoms with E-state index in [9.17, 15) is 0 Å². The third-order valence-corrected chi connectivity index (χ3v) is 3.18. The van der Waals surface area contributed by atoms with Gasteiger partial charge < -0.3 is 10.2 Å². The van der Waals surface area contributed by atoms with E-state index in [2.05, 4.69) is 31.0 Å². The van der Waals surface area contributed by atoms with Crippen molar-refractivity contribution in [3.63, 3.8) is 0 Å². The van der Waals surface area contributed by atoms with E-state index < -0.39 is 0 Å². The number of nitrogens with one attached hydrogen (secondary N) is 1. The molecule has 1 N–H and O–H groups in total. The van der Waals surface area contributed by atoms with E-state index in [1.54, 1.807) is 0 Å². The predicted molar refractivity (Wildman–Crippen MR) is 62.6 cm³/mol. The molecule has 0 radical (unpaired) electrons. The standard InChI is InChI=1S/C12H26N2/c1-4-6-11(3)9-14-8-7-13-12(5-2)10-14/h11-13H,4-10H2,1-3H3. The third kappa shape index (κ3) is 3.97. The molecule has 2 unspecified atom stereocenters. The van der Waals surface area contributed by atoms with Gasteiger partial charge in [-0.2, -0.15) is 0 Å². The Hall–Kier alpha value is -0.0800. The summed E-state index contributed by atoms with van der Waals surface area (Å²) in [5, 5.41) is 3.56. The molecule has 2 heteroatoms. The molecule has 1 aliphatic heterocycles. The van der Waals surface area contributed by atoms with Crippen LogP contribution in [0.5, 0.6) is 0 Å². The van der Waals surface area contributed by atoms with Crippen molar-refractivity contribution in [2.24, 2.45) is 5.92 Å². The SMILES string of the molecule is CCCC(C)CN1CCNC(CC)C1. The largest absolute Gasteiger partial charge is 0.311 e. The molecule has 0 amide bonds. The van der Waals surface area contributed by atoms with E-state index in [-0.39, 0.29) is 0 Å². The van der Waals surface area contributed by atoms with E-state index in [1.165, 1.54) is 45.4 Å². The Bertz CT molecular complexity index is 147. The van der Waals surface area contributed by atoms with Crippen molar-refractivity contribution in [3.05, 3.63) is 0 Å². The monoisotopic (exact) mass is 198 g/mol. The third-order valence-electron chi connectivity index (χ3n) is 3.18. The minimum atomic E-state index is 0.734. The lowest BCUT2D eigenvalue weighted by Gasteiger charge is -2.34. The summed E-state index contributed by atoms with van der Waals surface area (Å²) in [7, 11) is 0. The first-order chi connectivity index (χ1) is 6.76. The van der Waals surface area contributed by atoms with Crippen LogP contribution in [-0.4, -0.2) is 37.1 Å². The maximum Gasteiger partial charge on any atom is 0.0192 e. The Morgan fingerprint density at radius 2 is 2.21 bits per heavy atom. The van der Waals surface area contributed by atoms with E-state index in [1.807, 2.05) is 0 Å². The van der Waals surface area contributed by atoms with E-state index >= 15 is 0 Å².